The Morgan fingerprint density at radius 2 is 1.45 bits per heavy atom. The van der Waals surface area contributed by atoms with Gasteiger partial charge in [0.05, 0.1) is 17.8 Å². The maximum absolute atomic E-state index is 11.9. The van der Waals surface area contributed by atoms with Crippen LogP contribution in [0.15, 0.2) is 0 Å². The third kappa shape index (κ3) is 11.1. The highest BCUT2D eigenvalue weighted by molar-refractivity contribution is 6.01. The van der Waals surface area contributed by atoms with E-state index in [0.29, 0.717) is 31.1 Å². The Kier molecular flexibility index (Phi) is 9.44. The molecule has 0 bridgehead atoms. The maximum Gasteiger partial charge on any atom is 0.407 e. The number of hydrogen-bond donors (Lipinski definition) is 1. The van der Waals surface area contributed by atoms with Gasteiger partial charge in [-0.1, -0.05) is 0 Å². The highest BCUT2D eigenvalue weighted by atomic mass is 16.7. The summed E-state index contributed by atoms with van der Waals surface area (Å²) in [5, 5.41) is 3.20. The first-order valence-corrected chi connectivity index (χ1v) is 10.4. The fourth-order valence-corrected chi connectivity index (χ4v) is 2.54. The summed E-state index contributed by atoms with van der Waals surface area (Å²) in [6.07, 6.45) is 0.683. The van der Waals surface area contributed by atoms with Gasteiger partial charge in [0, 0.05) is 19.4 Å². The van der Waals surface area contributed by atoms with Crippen LogP contribution in [0, 0.1) is 0 Å². The molecule has 1 N–H and O–H groups in total. The minimum Gasteiger partial charge on any atom is -0.444 e. The van der Waals surface area contributed by atoms with Gasteiger partial charge in [-0.2, -0.15) is 0 Å². The Balaban J connectivity index is 2.29. The fraction of sp³-hybridized carbons (Fsp3) is 0.810. The third-order valence-corrected chi connectivity index (χ3v) is 4.37. The lowest BCUT2D eigenvalue weighted by Crippen LogP contribution is -2.38. The standard InChI is InChI=1S/C21H36N2O8/c1-19(2,3)30-18(27)22-12-10-20(4,5)28-13-11-21(6,7)29-14-17(26)31-23-15(24)8-9-16(23)25/h8-14H2,1-7H3,(H,22,27). The number of imide groups is 1. The number of amides is 3. The molecule has 10 heteroatoms. The summed E-state index contributed by atoms with van der Waals surface area (Å²) in [6, 6.07) is 0. The number of hydrogen-bond acceptors (Lipinski definition) is 8. The van der Waals surface area contributed by atoms with Crippen LogP contribution in [-0.2, 0) is 33.4 Å². The lowest BCUT2D eigenvalue weighted by Gasteiger charge is -2.30. The van der Waals surface area contributed by atoms with Gasteiger partial charge in [0.25, 0.3) is 11.8 Å². The molecular formula is C21H36N2O8. The molecule has 0 atom stereocenters. The minimum atomic E-state index is -0.814. The molecule has 10 nitrogen and oxygen atoms in total. The molecule has 0 aromatic heterocycles. The van der Waals surface area contributed by atoms with Crippen LogP contribution >= 0.6 is 0 Å². The van der Waals surface area contributed by atoms with Crippen LogP contribution in [0.5, 0.6) is 0 Å². The van der Waals surface area contributed by atoms with E-state index in [1.807, 2.05) is 13.8 Å². The van der Waals surface area contributed by atoms with E-state index in [1.165, 1.54) is 0 Å². The van der Waals surface area contributed by atoms with E-state index in [4.69, 9.17) is 19.0 Å². The Hall–Kier alpha value is -2.20. The SMILES string of the molecule is CC(C)(C)OC(=O)NCCC(C)(C)OCCC(C)(C)OCC(=O)ON1C(=O)CCC1=O. The van der Waals surface area contributed by atoms with Gasteiger partial charge in [-0.25, -0.2) is 9.59 Å². The van der Waals surface area contributed by atoms with Gasteiger partial charge in [-0.15, -0.1) is 5.06 Å². The summed E-state index contributed by atoms with van der Waals surface area (Å²) in [7, 11) is 0. The van der Waals surface area contributed by atoms with Crippen molar-refractivity contribution in [3.8, 4) is 0 Å². The second kappa shape index (κ2) is 10.9. The zero-order valence-electron chi connectivity index (χ0n) is 19.7. The summed E-state index contributed by atoms with van der Waals surface area (Å²) in [6.45, 7) is 13.2. The number of alkyl carbamates (subject to hydrolysis) is 1. The van der Waals surface area contributed by atoms with E-state index in [1.54, 1.807) is 34.6 Å². The molecular weight excluding hydrogens is 408 g/mol. The molecule has 0 aliphatic carbocycles. The van der Waals surface area contributed by atoms with Crippen LogP contribution in [0.4, 0.5) is 4.79 Å². The predicted molar refractivity (Wildman–Crippen MR) is 111 cm³/mol. The Morgan fingerprint density at radius 3 is 2.00 bits per heavy atom. The molecule has 3 amide bonds. The van der Waals surface area contributed by atoms with Crippen LogP contribution in [0.1, 0.15) is 74.1 Å². The van der Waals surface area contributed by atoms with Crippen molar-refractivity contribution in [1.29, 1.82) is 0 Å². The number of nitrogens with one attached hydrogen (secondary N) is 1. The average Bonchev–Trinajstić information content (AvgIpc) is 2.90. The number of rotatable bonds is 11. The van der Waals surface area contributed by atoms with Crippen LogP contribution in [0.3, 0.4) is 0 Å². The molecule has 0 aromatic rings. The van der Waals surface area contributed by atoms with Crippen molar-refractivity contribution in [2.75, 3.05) is 19.8 Å². The molecule has 1 rings (SSSR count). The fourth-order valence-electron chi connectivity index (χ4n) is 2.54. The number of carbonyl (C=O) groups excluding carboxylic acids is 4. The minimum absolute atomic E-state index is 0.0406. The molecule has 0 saturated carbocycles. The Bertz CT molecular complexity index is 651. The van der Waals surface area contributed by atoms with Crippen molar-refractivity contribution in [3.63, 3.8) is 0 Å². The molecule has 0 aromatic carbocycles. The second-order valence-corrected chi connectivity index (χ2v) is 9.63. The molecule has 1 fully saturated rings. The lowest BCUT2D eigenvalue weighted by molar-refractivity contribution is -0.203. The average molecular weight is 445 g/mol. The molecule has 178 valence electrons. The van der Waals surface area contributed by atoms with Crippen molar-refractivity contribution >= 4 is 23.9 Å². The highest BCUT2D eigenvalue weighted by Gasteiger charge is 2.33. The molecule has 0 spiro atoms. The molecule has 1 aliphatic rings. The molecule has 31 heavy (non-hydrogen) atoms. The van der Waals surface area contributed by atoms with Crippen molar-refractivity contribution in [1.82, 2.24) is 10.4 Å². The molecule has 1 aliphatic heterocycles. The first-order chi connectivity index (χ1) is 14.1. The van der Waals surface area contributed by atoms with E-state index in [9.17, 15) is 19.2 Å². The largest absolute Gasteiger partial charge is 0.444 e. The summed E-state index contributed by atoms with van der Waals surface area (Å²) in [5.74, 6) is -1.88. The van der Waals surface area contributed by atoms with Crippen molar-refractivity contribution in [3.05, 3.63) is 0 Å². The van der Waals surface area contributed by atoms with Gasteiger partial charge in [-0.05, 0) is 61.3 Å². The molecule has 1 saturated heterocycles. The van der Waals surface area contributed by atoms with Crippen LogP contribution in [0.2, 0.25) is 0 Å². The Labute approximate surface area is 183 Å². The predicted octanol–water partition coefficient (Wildman–Crippen LogP) is 2.49. The second-order valence-electron chi connectivity index (χ2n) is 9.63. The molecule has 1 heterocycles. The number of carbonyl (C=O) groups is 4. The maximum atomic E-state index is 11.9. The lowest BCUT2D eigenvalue weighted by atomic mass is 10.0. The van der Waals surface area contributed by atoms with Crippen molar-refractivity contribution < 1.29 is 38.2 Å². The van der Waals surface area contributed by atoms with Gasteiger partial charge in [0.15, 0.2) is 0 Å². The number of nitrogens with zero attached hydrogens (tertiary/aromatic N) is 1. The summed E-state index contributed by atoms with van der Waals surface area (Å²) >= 11 is 0. The highest BCUT2D eigenvalue weighted by Crippen LogP contribution is 2.20. The summed E-state index contributed by atoms with van der Waals surface area (Å²) in [5.41, 5.74) is -1.73. The van der Waals surface area contributed by atoms with Crippen LogP contribution in [0.25, 0.3) is 0 Å². The van der Waals surface area contributed by atoms with E-state index < -0.39 is 47.3 Å². The first-order valence-electron chi connectivity index (χ1n) is 10.4. The van der Waals surface area contributed by atoms with Gasteiger partial charge in [0.2, 0.25) is 0 Å². The number of ether oxygens (including phenoxy) is 3. The molecule has 0 unspecified atom stereocenters. The summed E-state index contributed by atoms with van der Waals surface area (Å²) in [4.78, 5) is 51.3. The van der Waals surface area contributed by atoms with Gasteiger partial charge >= 0.3 is 12.1 Å². The smallest absolute Gasteiger partial charge is 0.407 e. The molecule has 0 radical (unpaired) electrons. The van der Waals surface area contributed by atoms with Gasteiger partial charge in [-0.3, -0.25) is 9.59 Å². The number of hydroxylamine groups is 2. The van der Waals surface area contributed by atoms with Crippen molar-refractivity contribution in [2.45, 2.75) is 91.0 Å². The van der Waals surface area contributed by atoms with Gasteiger partial charge < -0.3 is 24.4 Å². The quantitative estimate of drug-likeness (QED) is 0.483. The zero-order chi connectivity index (χ0) is 23.9. The van der Waals surface area contributed by atoms with Gasteiger partial charge in [0.1, 0.15) is 12.2 Å². The topological polar surface area (TPSA) is 120 Å². The van der Waals surface area contributed by atoms with Crippen LogP contribution < -0.4 is 5.32 Å². The monoisotopic (exact) mass is 444 g/mol. The van der Waals surface area contributed by atoms with E-state index in [0.717, 1.165) is 0 Å². The Morgan fingerprint density at radius 1 is 0.903 bits per heavy atom. The zero-order valence-corrected chi connectivity index (χ0v) is 19.7. The summed E-state index contributed by atoms with van der Waals surface area (Å²) < 4.78 is 16.7. The van der Waals surface area contributed by atoms with E-state index >= 15 is 0 Å². The van der Waals surface area contributed by atoms with Crippen LogP contribution in [-0.4, -0.2) is 65.5 Å². The van der Waals surface area contributed by atoms with E-state index in [2.05, 4.69) is 5.32 Å². The third-order valence-electron chi connectivity index (χ3n) is 4.37. The van der Waals surface area contributed by atoms with E-state index in [-0.39, 0.29) is 12.8 Å². The first kappa shape index (κ1) is 26.8. The van der Waals surface area contributed by atoms with Crippen molar-refractivity contribution in [2.24, 2.45) is 0 Å². The normalized spacial score (nSPS) is 15.3.